The summed E-state index contributed by atoms with van der Waals surface area (Å²) < 4.78 is 5.53. The Morgan fingerprint density at radius 3 is 2.46 bits per heavy atom. The molecule has 3 aliphatic heterocycles. The number of aromatic nitrogens is 1. The fourth-order valence-corrected chi connectivity index (χ4v) is 5.66. The molecule has 0 spiro atoms. The molecule has 0 aliphatic carbocycles. The van der Waals surface area contributed by atoms with E-state index in [2.05, 4.69) is 22.1 Å². The second-order valence-corrected chi connectivity index (χ2v) is 11.6. The van der Waals surface area contributed by atoms with Crippen LogP contribution in [0.3, 0.4) is 0 Å². The molecule has 192 valence electrons. The van der Waals surface area contributed by atoms with Crippen molar-refractivity contribution in [1.82, 2.24) is 15.2 Å². The van der Waals surface area contributed by atoms with Crippen molar-refractivity contribution in [1.29, 1.82) is 0 Å². The largest absolute Gasteiger partial charge is 0.444 e. The van der Waals surface area contributed by atoms with Gasteiger partial charge in [-0.1, -0.05) is 13.0 Å². The normalized spacial score (nSPS) is 26.5. The monoisotopic (exact) mass is 484 g/mol. The minimum absolute atomic E-state index is 0.186. The Morgan fingerprint density at radius 1 is 1.11 bits per heavy atom. The molecule has 0 aromatic carbocycles. The van der Waals surface area contributed by atoms with E-state index in [4.69, 9.17) is 4.74 Å². The van der Waals surface area contributed by atoms with Crippen molar-refractivity contribution >= 4 is 23.7 Å². The van der Waals surface area contributed by atoms with Crippen LogP contribution in [0, 0.1) is 17.8 Å². The fourth-order valence-electron chi connectivity index (χ4n) is 5.66. The highest BCUT2D eigenvalue weighted by Gasteiger charge is 2.33. The molecule has 4 rings (SSSR count). The number of hydrogen-bond donors (Lipinski definition) is 1. The minimum Gasteiger partial charge on any atom is -0.444 e. The summed E-state index contributed by atoms with van der Waals surface area (Å²) in [6.07, 6.45) is 7.00. The lowest BCUT2D eigenvalue weighted by Gasteiger charge is -2.40. The van der Waals surface area contributed by atoms with Gasteiger partial charge in [-0.3, -0.25) is 14.9 Å². The lowest BCUT2D eigenvalue weighted by Crippen LogP contribution is -2.43. The number of piperidine rings is 3. The van der Waals surface area contributed by atoms with Crippen molar-refractivity contribution in [3.63, 3.8) is 0 Å². The van der Waals surface area contributed by atoms with E-state index < -0.39 is 5.60 Å². The highest BCUT2D eigenvalue weighted by atomic mass is 16.6. The molecule has 0 radical (unpaired) electrons. The van der Waals surface area contributed by atoms with Gasteiger partial charge in [0, 0.05) is 38.8 Å². The van der Waals surface area contributed by atoms with Crippen LogP contribution in [0.25, 0.3) is 0 Å². The van der Waals surface area contributed by atoms with Crippen LogP contribution in [0.5, 0.6) is 0 Å². The van der Waals surface area contributed by atoms with Crippen LogP contribution in [0.15, 0.2) is 18.3 Å². The van der Waals surface area contributed by atoms with Crippen LogP contribution in [-0.2, 0) is 14.3 Å². The standard InChI is InChI=1S/C27H40N4O4/c1-18-17-31(23-7-5-21(16-28-23)22-6-8-24(32)29-25(22)33)14-11-20(18)15-19-9-12-30(13-10-19)26(34)35-27(2,3)4/h5,7,16,18-20,22H,6,8-15,17H2,1-4H3,(H,29,32,33)/t18-,20?,22?/m0/s1. The van der Waals surface area contributed by atoms with E-state index in [-0.39, 0.29) is 23.8 Å². The Bertz CT molecular complexity index is 918. The average molecular weight is 485 g/mol. The number of amides is 3. The van der Waals surface area contributed by atoms with E-state index in [1.54, 1.807) is 6.20 Å². The number of pyridine rings is 1. The topological polar surface area (TPSA) is 91.8 Å². The third kappa shape index (κ3) is 6.53. The van der Waals surface area contributed by atoms with Crippen molar-refractivity contribution in [2.24, 2.45) is 17.8 Å². The molecule has 3 saturated heterocycles. The SMILES string of the molecule is C[C@H]1CN(c2ccc(C3CCC(=O)NC3=O)cn2)CCC1CC1CCN(C(=O)OC(C)(C)C)CC1. The van der Waals surface area contributed by atoms with Gasteiger partial charge in [0.1, 0.15) is 11.4 Å². The molecule has 1 aromatic rings. The highest BCUT2D eigenvalue weighted by molar-refractivity contribution is 6.00. The molecule has 3 amide bonds. The molecule has 2 unspecified atom stereocenters. The van der Waals surface area contributed by atoms with Gasteiger partial charge in [-0.05, 0) is 82.3 Å². The van der Waals surface area contributed by atoms with Gasteiger partial charge in [0.05, 0.1) is 5.92 Å². The third-order valence-corrected chi connectivity index (χ3v) is 7.72. The van der Waals surface area contributed by atoms with E-state index in [0.29, 0.717) is 30.6 Å². The van der Waals surface area contributed by atoms with Gasteiger partial charge in [-0.25, -0.2) is 9.78 Å². The number of nitrogens with zero attached hydrogens (tertiary/aromatic N) is 3. The molecule has 4 heterocycles. The first-order valence-corrected chi connectivity index (χ1v) is 13.1. The maximum atomic E-state index is 12.3. The van der Waals surface area contributed by atoms with Crippen molar-refractivity contribution in [2.45, 2.75) is 77.7 Å². The smallest absolute Gasteiger partial charge is 0.410 e. The second kappa shape index (κ2) is 10.5. The molecular formula is C27H40N4O4. The fraction of sp³-hybridized carbons (Fsp3) is 0.704. The van der Waals surface area contributed by atoms with Crippen molar-refractivity contribution < 1.29 is 19.1 Å². The molecule has 3 fully saturated rings. The van der Waals surface area contributed by atoms with Crippen molar-refractivity contribution in [2.75, 3.05) is 31.1 Å². The Kier molecular flexibility index (Phi) is 7.67. The van der Waals surface area contributed by atoms with Crippen LogP contribution in [0.2, 0.25) is 0 Å². The quantitative estimate of drug-likeness (QED) is 0.647. The van der Waals surface area contributed by atoms with Gasteiger partial charge in [0.25, 0.3) is 0 Å². The summed E-state index contributed by atoms with van der Waals surface area (Å²) in [5.74, 6) is 2.18. The van der Waals surface area contributed by atoms with Crippen LogP contribution in [0.4, 0.5) is 10.6 Å². The number of imide groups is 1. The molecule has 3 atom stereocenters. The molecule has 1 aromatic heterocycles. The van der Waals surface area contributed by atoms with Crippen molar-refractivity contribution in [3.05, 3.63) is 23.9 Å². The van der Waals surface area contributed by atoms with Gasteiger partial charge >= 0.3 is 6.09 Å². The molecular weight excluding hydrogens is 444 g/mol. The van der Waals surface area contributed by atoms with E-state index in [0.717, 1.165) is 56.8 Å². The number of hydrogen-bond acceptors (Lipinski definition) is 6. The van der Waals surface area contributed by atoms with E-state index in [9.17, 15) is 14.4 Å². The molecule has 3 aliphatic rings. The summed E-state index contributed by atoms with van der Waals surface area (Å²) in [6.45, 7) is 11.6. The zero-order valence-electron chi connectivity index (χ0n) is 21.6. The van der Waals surface area contributed by atoms with Gasteiger partial charge in [0.2, 0.25) is 11.8 Å². The summed E-state index contributed by atoms with van der Waals surface area (Å²) in [6, 6.07) is 4.00. The Morgan fingerprint density at radius 2 is 1.86 bits per heavy atom. The summed E-state index contributed by atoms with van der Waals surface area (Å²) >= 11 is 0. The van der Waals surface area contributed by atoms with Crippen LogP contribution in [-0.4, -0.2) is 59.6 Å². The lowest BCUT2D eigenvalue weighted by atomic mass is 9.78. The molecule has 8 heteroatoms. The maximum absolute atomic E-state index is 12.3. The predicted molar refractivity (Wildman–Crippen MR) is 134 cm³/mol. The highest BCUT2D eigenvalue weighted by Crippen LogP contribution is 2.35. The first-order chi connectivity index (χ1) is 16.6. The zero-order chi connectivity index (χ0) is 25.2. The number of ether oxygens (including phenoxy) is 1. The number of rotatable bonds is 4. The Hall–Kier alpha value is -2.64. The predicted octanol–water partition coefficient (Wildman–Crippen LogP) is 4.10. The number of carbonyl (C=O) groups excluding carboxylic acids is 3. The summed E-state index contributed by atoms with van der Waals surface area (Å²) in [7, 11) is 0. The average Bonchev–Trinajstić information content (AvgIpc) is 2.80. The number of nitrogens with one attached hydrogen (secondary N) is 1. The van der Waals surface area contributed by atoms with E-state index in [1.807, 2.05) is 37.8 Å². The number of likely N-dealkylation sites (tertiary alicyclic amines) is 1. The Labute approximate surface area is 208 Å². The molecule has 35 heavy (non-hydrogen) atoms. The van der Waals surface area contributed by atoms with E-state index >= 15 is 0 Å². The molecule has 1 N–H and O–H groups in total. The van der Waals surface area contributed by atoms with Gasteiger partial charge in [0.15, 0.2) is 0 Å². The van der Waals surface area contributed by atoms with Crippen molar-refractivity contribution in [3.8, 4) is 0 Å². The number of carbonyl (C=O) groups is 3. The second-order valence-electron chi connectivity index (χ2n) is 11.6. The number of anilines is 1. The summed E-state index contributed by atoms with van der Waals surface area (Å²) in [5, 5.41) is 2.42. The van der Waals surface area contributed by atoms with Crippen LogP contribution < -0.4 is 10.2 Å². The lowest BCUT2D eigenvalue weighted by molar-refractivity contribution is -0.134. The minimum atomic E-state index is -0.447. The molecule has 0 saturated carbocycles. The van der Waals surface area contributed by atoms with Gasteiger partial charge < -0.3 is 14.5 Å². The molecule has 8 nitrogen and oxygen atoms in total. The van der Waals surface area contributed by atoms with Crippen LogP contribution in [0.1, 0.15) is 77.7 Å². The maximum Gasteiger partial charge on any atom is 0.410 e. The summed E-state index contributed by atoms with van der Waals surface area (Å²) in [4.78, 5) is 44.8. The first kappa shape index (κ1) is 25.5. The molecule has 0 bridgehead atoms. The third-order valence-electron chi connectivity index (χ3n) is 7.72. The van der Waals surface area contributed by atoms with E-state index in [1.165, 1.54) is 6.42 Å². The van der Waals surface area contributed by atoms with Crippen LogP contribution >= 0.6 is 0 Å². The van der Waals surface area contributed by atoms with Gasteiger partial charge in [-0.15, -0.1) is 0 Å². The first-order valence-electron chi connectivity index (χ1n) is 13.1. The summed E-state index contributed by atoms with van der Waals surface area (Å²) in [5.41, 5.74) is 0.427. The van der Waals surface area contributed by atoms with Gasteiger partial charge in [-0.2, -0.15) is 0 Å². The Balaban J connectivity index is 1.24. The zero-order valence-corrected chi connectivity index (χ0v) is 21.6.